The predicted octanol–water partition coefficient (Wildman–Crippen LogP) is 3.98. The van der Waals surface area contributed by atoms with Crippen LogP contribution in [0.1, 0.15) is 24.0 Å². The lowest BCUT2D eigenvalue weighted by Gasteiger charge is -2.23. The molecule has 0 atom stereocenters. The number of nitrogens with zero attached hydrogens (tertiary/aromatic N) is 4. The first-order valence-corrected chi connectivity index (χ1v) is 12.4. The monoisotopic (exact) mass is 544 g/mol. The van der Waals surface area contributed by atoms with Gasteiger partial charge in [-0.3, -0.25) is 9.59 Å². The first-order valence-electron chi connectivity index (χ1n) is 12.4. The highest BCUT2D eigenvalue weighted by molar-refractivity contribution is 5.79. The Morgan fingerprint density at radius 1 is 1.03 bits per heavy atom. The molecular weight excluding hydrogens is 517 g/mol. The summed E-state index contributed by atoms with van der Waals surface area (Å²) >= 11 is 0. The number of hydrogen-bond donors (Lipinski definition) is 1. The van der Waals surface area contributed by atoms with Crippen molar-refractivity contribution in [2.24, 2.45) is 0 Å². The molecule has 0 aliphatic carbocycles. The van der Waals surface area contributed by atoms with Crippen molar-refractivity contribution in [2.45, 2.75) is 25.4 Å². The molecule has 3 aromatic rings. The summed E-state index contributed by atoms with van der Waals surface area (Å²) in [4.78, 5) is 28.7. The molecule has 1 N–H and O–H groups in total. The number of fused-ring (bicyclic) bond motifs is 1. The smallest absolute Gasteiger partial charge is 0.418 e. The average molecular weight is 545 g/mol. The molecule has 5 rings (SSSR count). The summed E-state index contributed by atoms with van der Waals surface area (Å²) in [5.41, 5.74) is -0.522. The molecule has 1 saturated heterocycles. The summed E-state index contributed by atoms with van der Waals surface area (Å²) in [6, 6.07) is 8.63. The van der Waals surface area contributed by atoms with Gasteiger partial charge in [-0.25, -0.2) is 0 Å². The second-order valence-corrected chi connectivity index (χ2v) is 9.45. The van der Waals surface area contributed by atoms with Gasteiger partial charge in [0.05, 0.1) is 31.2 Å². The Balaban J connectivity index is 1.81. The minimum atomic E-state index is -4.76. The number of anilines is 2. The molecule has 2 aromatic carbocycles. The molecule has 206 valence electrons. The highest BCUT2D eigenvalue weighted by atomic mass is 19.4. The molecule has 0 bridgehead atoms. The Morgan fingerprint density at radius 3 is 2.28 bits per heavy atom. The van der Waals surface area contributed by atoms with Gasteiger partial charge in [-0.1, -0.05) is 0 Å². The van der Waals surface area contributed by atoms with Gasteiger partial charge in [-0.05, 0) is 49.6 Å². The number of carboxylic acid groups (broad SMARTS) is 1. The number of halogens is 3. The van der Waals surface area contributed by atoms with Crippen molar-refractivity contribution in [3.8, 4) is 28.4 Å². The summed E-state index contributed by atoms with van der Waals surface area (Å²) in [6.45, 7) is 1.11. The number of methoxy groups -OCH3 is 2. The van der Waals surface area contributed by atoms with Crippen LogP contribution in [-0.2, 0) is 17.4 Å². The van der Waals surface area contributed by atoms with Crippen LogP contribution in [0.2, 0.25) is 0 Å². The summed E-state index contributed by atoms with van der Waals surface area (Å²) < 4.78 is 54.2. The summed E-state index contributed by atoms with van der Waals surface area (Å²) in [6.07, 6.45) is -2.64. The van der Waals surface area contributed by atoms with Crippen LogP contribution in [0, 0.1) is 0 Å². The van der Waals surface area contributed by atoms with Gasteiger partial charge in [0.25, 0.3) is 5.56 Å². The van der Waals surface area contributed by atoms with Gasteiger partial charge in [0.2, 0.25) is 0 Å². The van der Waals surface area contributed by atoms with Crippen molar-refractivity contribution in [3.63, 3.8) is 0 Å². The van der Waals surface area contributed by atoms with Crippen LogP contribution in [-0.4, -0.2) is 61.3 Å². The molecule has 39 heavy (non-hydrogen) atoms. The number of aromatic nitrogens is 2. The van der Waals surface area contributed by atoms with Gasteiger partial charge in [0.1, 0.15) is 23.7 Å². The highest BCUT2D eigenvalue weighted by Crippen LogP contribution is 2.39. The van der Waals surface area contributed by atoms with Crippen molar-refractivity contribution >= 4 is 17.3 Å². The number of benzene rings is 2. The van der Waals surface area contributed by atoms with Crippen LogP contribution in [0.25, 0.3) is 16.9 Å². The Labute approximate surface area is 222 Å². The summed E-state index contributed by atoms with van der Waals surface area (Å²) in [5.74, 6) is -0.322. The molecule has 9 nitrogen and oxygen atoms in total. The van der Waals surface area contributed by atoms with Crippen LogP contribution in [0.5, 0.6) is 11.5 Å². The third kappa shape index (κ3) is 4.98. The molecule has 3 heterocycles. The zero-order valence-corrected chi connectivity index (χ0v) is 21.4. The van der Waals surface area contributed by atoms with Gasteiger partial charge < -0.3 is 24.4 Å². The van der Waals surface area contributed by atoms with Crippen LogP contribution < -0.4 is 24.8 Å². The fourth-order valence-corrected chi connectivity index (χ4v) is 5.24. The van der Waals surface area contributed by atoms with Crippen molar-refractivity contribution in [1.29, 1.82) is 0 Å². The minimum absolute atomic E-state index is 0.0175. The molecule has 2 aliphatic heterocycles. The van der Waals surface area contributed by atoms with Gasteiger partial charge in [0, 0.05) is 42.5 Å². The SMILES string of the molecule is COc1cc(OC)cc(-c2nn(-c3cc(N4CCCC4)ccc3C(F)(F)F)c(=O)c3c2CCN3CC(=O)O)c1. The standard InChI is InChI=1S/C27H27F3N4O5/c1-38-18-11-16(12-19(14-18)39-2)24-20-7-10-33(15-23(35)36)25(20)26(37)34(31-24)22-13-17(32-8-3-4-9-32)5-6-21(22)27(28,29)30/h5-6,11-14H,3-4,7-10,15H2,1-2H3,(H,35,36). The van der Waals surface area contributed by atoms with Crippen molar-refractivity contribution in [2.75, 3.05) is 50.2 Å². The number of carboxylic acids is 1. The van der Waals surface area contributed by atoms with Crippen LogP contribution in [0.15, 0.2) is 41.2 Å². The van der Waals surface area contributed by atoms with E-state index in [0.717, 1.165) is 23.6 Å². The van der Waals surface area contributed by atoms with Crippen LogP contribution in [0.3, 0.4) is 0 Å². The van der Waals surface area contributed by atoms with Gasteiger partial charge >= 0.3 is 12.1 Å². The van der Waals surface area contributed by atoms with Gasteiger partial charge in [-0.2, -0.15) is 23.0 Å². The molecule has 12 heteroatoms. The highest BCUT2D eigenvalue weighted by Gasteiger charge is 2.37. The topological polar surface area (TPSA) is 97.1 Å². The van der Waals surface area contributed by atoms with E-state index in [-0.39, 0.29) is 17.9 Å². The first-order chi connectivity index (χ1) is 18.6. The minimum Gasteiger partial charge on any atom is -0.497 e. The van der Waals surface area contributed by atoms with Crippen molar-refractivity contribution in [1.82, 2.24) is 9.78 Å². The molecule has 0 saturated carbocycles. The quantitative estimate of drug-likeness (QED) is 0.477. The number of aliphatic carboxylic acids is 1. The van der Waals surface area contributed by atoms with E-state index in [1.54, 1.807) is 18.2 Å². The third-order valence-corrected chi connectivity index (χ3v) is 7.05. The van der Waals surface area contributed by atoms with E-state index in [1.807, 2.05) is 4.90 Å². The Morgan fingerprint density at radius 2 is 1.69 bits per heavy atom. The molecule has 0 spiro atoms. The fourth-order valence-electron chi connectivity index (χ4n) is 5.24. The van der Waals surface area contributed by atoms with E-state index in [1.165, 1.54) is 31.3 Å². The molecule has 1 aromatic heterocycles. The van der Waals surface area contributed by atoms with Crippen LogP contribution >= 0.6 is 0 Å². The van der Waals surface area contributed by atoms with E-state index < -0.39 is 35.5 Å². The molecule has 1 fully saturated rings. The molecule has 0 radical (unpaired) electrons. The predicted molar refractivity (Wildman–Crippen MR) is 138 cm³/mol. The number of carbonyl (C=O) groups is 1. The number of alkyl halides is 3. The number of ether oxygens (including phenoxy) is 2. The second kappa shape index (κ2) is 10.2. The maximum atomic E-state index is 14.2. The van der Waals surface area contributed by atoms with E-state index in [4.69, 9.17) is 9.47 Å². The van der Waals surface area contributed by atoms with E-state index in [9.17, 15) is 27.9 Å². The number of hydrogen-bond acceptors (Lipinski definition) is 7. The second-order valence-electron chi connectivity index (χ2n) is 9.45. The van der Waals surface area contributed by atoms with Crippen molar-refractivity contribution < 1.29 is 32.5 Å². The largest absolute Gasteiger partial charge is 0.497 e. The fraction of sp³-hybridized carbons (Fsp3) is 0.370. The zero-order chi connectivity index (χ0) is 27.9. The normalized spacial score (nSPS) is 15.0. The molecule has 0 amide bonds. The van der Waals surface area contributed by atoms with E-state index >= 15 is 0 Å². The Hall–Kier alpha value is -4.22. The maximum absolute atomic E-state index is 14.2. The van der Waals surface area contributed by atoms with E-state index in [0.29, 0.717) is 47.8 Å². The van der Waals surface area contributed by atoms with Crippen LogP contribution in [0.4, 0.5) is 24.5 Å². The average Bonchev–Trinajstić information content (AvgIpc) is 3.58. The Bertz CT molecular complexity index is 1460. The van der Waals surface area contributed by atoms with Gasteiger partial charge in [-0.15, -0.1) is 0 Å². The van der Waals surface area contributed by atoms with Crippen molar-refractivity contribution in [3.05, 3.63) is 57.9 Å². The third-order valence-electron chi connectivity index (χ3n) is 7.05. The lowest BCUT2D eigenvalue weighted by molar-refractivity contribution is -0.137. The number of rotatable bonds is 7. The summed E-state index contributed by atoms with van der Waals surface area (Å²) in [5, 5.41) is 13.9. The molecule has 2 aliphatic rings. The maximum Gasteiger partial charge on any atom is 0.418 e. The molecular formula is C27H27F3N4O5. The Kier molecular flexibility index (Phi) is 6.87. The van der Waals surface area contributed by atoms with Gasteiger partial charge in [0.15, 0.2) is 0 Å². The lowest BCUT2D eigenvalue weighted by Crippen LogP contribution is -2.35. The van der Waals surface area contributed by atoms with E-state index in [2.05, 4.69) is 5.10 Å². The zero-order valence-electron chi connectivity index (χ0n) is 21.4. The molecule has 0 unspecified atom stereocenters. The first kappa shape index (κ1) is 26.4. The lowest BCUT2D eigenvalue weighted by atomic mass is 10.0. The summed E-state index contributed by atoms with van der Waals surface area (Å²) in [7, 11) is 2.93.